The standard InChI is InChI=1S/C17H13ClN4OS2/c18-12-3-4-14-13(10-12)20-17(25-14)24-9-1-2-15-21-16(22-23-15)11-5-7-19-8-6-11/h3-8,10H,1-2,9H2. The van der Waals surface area contributed by atoms with Crippen molar-refractivity contribution in [1.82, 2.24) is 20.1 Å². The van der Waals surface area contributed by atoms with E-state index in [1.165, 1.54) is 0 Å². The minimum absolute atomic E-state index is 0.605. The van der Waals surface area contributed by atoms with Gasteiger partial charge in [0.05, 0.1) is 10.2 Å². The number of aromatic nitrogens is 4. The molecular formula is C17H13ClN4OS2. The topological polar surface area (TPSA) is 64.7 Å². The summed E-state index contributed by atoms with van der Waals surface area (Å²) in [5, 5.41) is 4.74. The molecule has 0 spiro atoms. The molecular weight excluding hydrogens is 376 g/mol. The molecule has 4 rings (SSSR count). The molecule has 1 aromatic carbocycles. The molecule has 0 radical (unpaired) electrons. The summed E-state index contributed by atoms with van der Waals surface area (Å²) in [5.41, 5.74) is 1.87. The van der Waals surface area contributed by atoms with Crippen molar-refractivity contribution in [3.8, 4) is 11.4 Å². The normalized spacial score (nSPS) is 11.2. The van der Waals surface area contributed by atoms with Crippen molar-refractivity contribution in [2.24, 2.45) is 0 Å². The molecule has 3 heterocycles. The fourth-order valence-corrected chi connectivity index (χ4v) is 4.52. The van der Waals surface area contributed by atoms with E-state index in [1.807, 2.05) is 30.3 Å². The summed E-state index contributed by atoms with van der Waals surface area (Å²) < 4.78 is 7.53. The molecule has 0 N–H and O–H groups in total. The third-order valence-electron chi connectivity index (χ3n) is 3.50. The predicted octanol–water partition coefficient (Wildman–Crippen LogP) is 5.12. The summed E-state index contributed by atoms with van der Waals surface area (Å²) in [7, 11) is 0. The average molecular weight is 389 g/mol. The van der Waals surface area contributed by atoms with Crippen molar-refractivity contribution >= 4 is 44.9 Å². The third-order valence-corrected chi connectivity index (χ3v) is 6.00. The van der Waals surface area contributed by atoms with Crippen molar-refractivity contribution in [2.75, 3.05) is 5.75 Å². The highest BCUT2D eigenvalue weighted by atomic mass is 35.5. The fraction of sp³-hybridized carbons (Fsp3) is 0.176. The van der Waals surface area contributed by atoms with Crippen LogP contribution in [-0.4, -0.2) is 25.9 Å². The Balaban J connectivity index is 1.31. The van der Waals surface area contributed by atoms with Crippen molar-refractivity contribution < 1.29 is 4.52 Å². The molecule has 0 aliphatic heterocycles. The van der Waals surface area contributed by atoms with Crippen molar-refractivity contribution in [2.45, 2.75) is 17.2 Å². The Hall–Kier alpha value is -1.96. The molecule has 0 fully saturated rings. The Morgan fingerprint density at radius 2 is 2.00 bits per heavy atom. The van der Waals surface area contributed by atoms with Gasteiger partial charge in [-0.25, -0.2) is 4.98 Å². The second-order valence-corrected chi connectivity index (χ2v) is 8.10. The van der Waals surface area contributed by atoms with E-state index in [9.17, 15) is 0 Å². The first-order valence-corrected chi connectivity index (χ1v) is 9.88. The van der Waals surface area contributed by atoms with E-state index in [1.54, 1.807) is 35.5 Å². The van der Waals surface area contributed by atoms with Gasteiger partial charge in [0.1, 0.15) is 0 Å². The summed E-state index contributed by atoms with van der Waals surface area (Å²) in [6.45, 7) is 0. The van der Waals surface area contributed by atoms with Crippen LogP contribution in [0.2, 0.25) is 5.02 Å². The van der Waals surface area contributed by atoms with E-state index in [0.717, 1.165) is 43.7 Å². The molecule has 0 saturated carbocycles. The lowest BCUT2D eigenvalue weighted by molar-refractivity contribution is 0.378. The van der Waals surface area contributed by atoms with E-state index in [4.69, 9.17) is 16.1 Å². The van der Waals surface area contributed by atoms with E-state index in [2.05, 4.69) is 20.1 Å². The third kappa shape index (κ3) is 4.00. The SMILES string of the molecule is Clc1ccc2sc(SCCCc3nc(-c4ccncc4)no3)nc2c1. The zero-order valence-corrected chi connectivity index (χ0v) is 15.4. The van der Waals surface area contributed by atoms with Crippen LogP contribution in [0.15, 0.2) is 51.6 Å². The molecule has 0 unspecified atom stereocenters. The van der Waals surface area contributed by atoms with E-state index in [-0.39, 0.29) is 0 Å². The highest BCUT2D eigenvalue weighted by Gasteiger charge is 2.09. The smallest absolute Gasteiger partial charge is 0.226 e. The molecule has 0 amide bonds. The highest BCUT2D eigenvalue weighted by Crippen LogP contribution is 2.31. The molecule has 0 saturated heterocycles. The van der Waals surface area contributed by atoms with Gasteiger partial charge in [0.2, 0.25) is 11.7 Å². The zero-order valence-electron chi connectivity index (χ0n) is 13.1. The summed E-state index contributed by atoms with van der Waals surface area (Å²) >= 11 is 9.43. The molecule has 3 aromatic heterocycles. The predicted molar refractivity (Wildman–Crippen MR) is 101 cm³/mol. The Morgan fingerprint density at radius 1 is 1.12 bits per heavy atom. The molecule has 126 valence electrons. The highest BCUT2D eigenvalue weighted by molar-refractivity contribution is 8.01. The van der Waals surface area contributed by atoms with Crippen LogP contribution in [0.1, 0.15) is 12.3 Å². The first-order valence-electron chi connectivity index (χ1n) is 7.70. The number of thioether (sulfide) groups is 1. The Bertz CT molecular complexity index is 987. The first kappa shape index (κ1) is 16.5. The van der Waals surface area contributed by atoms with Gasteiger partial charge in [-0.05, 0) is 36.8 Å². The summed E-state index contributed by atoms with van der Waals surface area (Å²) in [6.07, 6.45) is 5.13. The molecule has 0 aliphatic rings. The lowest BCUT2D eigenvalue weighted by atomic mass is 10.2. The summed E-state index contributed by atoms with van der Waals surface area (Å²) in [6, 6.07) is 9.54. The van der Waals surface area contributed by atoms with Gasteiger partial charge in [0.15, 0.2) is 4.34 Å². The van der Waals surface area contributed by atoms with Crippen LogP contribution in [0, 0.1) is 0 Å². The van der Waals surface area contributed by atoms with Crippen molar-refractivity contribution in [3.63, 3.8) is 0 Å². The van der Waals surface area contributed by atoms with Crippen LogP contribution in [0.4, 0.5) is 0 Å². The van der Waals surface area contributed by atoms with Crippen molar-refractivity contribution in [1.29, 1.82) is 0 Å². The van der Waals surface area contributed by atoms with Gasteiger partial charge < -0.3 is 4.52 Å². The molecule has 4 aromatic rings. The number of hydrogen-bond donors (Lipinski definition) is 0. The number of hydrogen-bond acceptors (Lipinski definition) is 7. The largest absolute Gasteiger partial charge is 0.339 e. The second-order valence-electron chi connectivity index (χ2n) is 5.29. The number of rotatable bonds is 6. The second kappa shape index (κ2) is 7.51. The minimum atomic E-state index is 0.605. The molecule has 5 nitrogen and oxygen atoms in total. The van der Waals surface area contributed by atoms with Gasteiger partial charge in [0, 0.05) is 35.2 Å². The van der Waals surface area contributed by atoms with Gasteiger partial charge in [-0.1, -0.05) is 28.5 Å². The zero-order chi connectivity index (χ0) is 17.1. The quantitative estimate of drug-likeness (QED) is 0.337. The van der Waals surface area contributed by atoms with Crippen LogP contribution < -0.4 is 0 Å². The lowest BCUT2D eigenvalue weighted by Gasteiger charge is -1.95. The van der Waals surface area contributed by atoms with Crippen LogP contribution in [0.25, 0.3) is 21.6 Å². The molecule has 25 heavy (non-hydrogen) atoms. The maximum Gasteiger partial charge on any atom is 0.226 e. The number of halogens is 1. The molecule has 0 atom stereocenters. The molecule has 8 heteroatoms. The van der Waals surface area contributed by atoms with E-state index < -0.39 is 0 Å². The fourth-order valence-electron chi connectivity index (χ4n) is 2.30. The first-order chi connectivity index (χ1) is 12.3. The van der Waals surface area contributed by atoms with Crippen LogP contribution in [-0.2, 0) is 6.42 Å². The molecule has 0 bridgehead atoms. The number of thiazole rings is 1. The van der Waals surface area contributed by atoms with Gasteiger partial charge in [-0.15, -0.1) is 11.3 Å². The summed E-state index contributed by atoms with van der Waals surface area (Å²) in [5.74, 6) is 2.21. The minimum Gasteiger partial charge on any atom is -0.339 e. The average Bonchev–Trinajstić information content (AvgIpc) is 3.26. The lowest BCUT2D eigenvalue weighted by Crippen LogP contribution is -1.88. The van der Waals surface area contributed by atoms with Gasteiger partial charge in [-0.3, -0.25) is 4.98 Å². The number of pyridine rings is 1. The van der Waals surface area contributed by atoms with Crippen LogP contribution in [0.5, 0.6) is 0 Å². The number of fused-ring (bicyclic) bond motifs is 1. The maximum atomic E-state index is 6.00. The molecule has 0 aliphatic carbocycles. The van der Waals surface area contributed by atoms with E-state index in [0.29, 0.717) is 11.7 Å². The van der Waals surface area contributed by atoms with E-state index >= 15 is 0 Å². The Kier molecular flexibility index (Phi) is 4.96. The number of nitrogens with zero attached hydrogens (tertiary/aromatic N) is 4. The monoisotopic (exact) mass is 388 g/mol. The Labute approximate surface area is 157 Å². The van der Waals surface area contributed by atoms with Gasteiger partial charge in [0.25, 0.3) is 0 Å². The number of aryl methyl sites for hydroxylation is 1. The van der Waals surface area contributed by atoms with Crippen LogP contribution >= 0.6 is 34.7 Å². The maximum absolute atomic E-state index is 6.00. The van der Waals surface area contributed by atoms with Crippen LogP contribution in [0.3, 0.4) is 0 Å². The van der Waals surface area contributed by atoms with Gasteiger partial charge in [-0.2, -0.15) is 4.98 Å². The Morgan fingerprint density at radius 3 is 2.88 bits per heavy atom. The van der Waals surface area contributed by atoms with Crippen molar-refractivity contribution in [3.05, 3.63) is 53.6 Å². The number of benzene rings is 1. The van der Waals surface area contributed by atoms with Gasteiger partial charge >= 0.3 is 0 Å². The summed E-state index contributed by atoms with van der Waals surface area (Å²) in [4.78, 5) is 13.0.